The van der Waals surface area contributed by atoms with Gasteiger partial charge < -0.3 is 25.6 Å². The Balaban J connectivity index is 1.87. The lowest BCUT2D eigenvalue weighted by Crippen LogP contribution is -2.58. The fraction of sp³-hybridized carbons (Fsp3) is 0.588. The van der Waals surface area contributed by atoms with E-state index in [0.29, 0.717) is 25.6 Å². The average Bonchev–Trinajstić information content (AvgIpc) is 2.57. The van der Waals surface area contributed by atoms with E-state index in [4.69, 9.17) is 0 Å². The van der Waals surface area contributed by atoms with Gasteiger partial charge in [0.2, 0.25) is 11.8 Å². The lowest BCUT2D eigenvalue weighted by molar-refractivity contribution is -0.137. The molecule has 29 heavy (non-hydrogen) atoms. The standard InChI is InChI=1S/C17H24BF3N4O4/c1-10(2)7-13(18(28)29)24-15(26)9-23-16(27)12-5-6-25(12)14-4-3-11(8-22-14)17(19,20)21/h3-4,8,10,12-13,28-29H,5-7,9H2,1-2H3,(H,23,27)(H,24,26)/t12-,13?/m0/s1. The van der Waals surface area contributed by atoms with Crippen LogP contribution in [0.2, 0.25) is 0 Å². The van der Waals surface area contributed by atoms with Crippen LogP contribution in [0.3, 0.4) is 0 Å². The highest BCUT2D eigenvalue weighted by molar-refractivity contribution is 6.43. The van der Waals surface area contributed by atoms with Crippen molar-refractivity contribution in [3.63, 3.8) is 0 Å². The van der Waals surface area contributed by atoms with Crippen LogP contribution in [0.1, 0.15) is 32.3 Å². The highest BCUT2D eigenvalue weighted by atomic mass is 19.4. The minimum Gasteiger partial charge on any atom is -0.426 e. The molecule has 1 aromatic heterocycles. The molecule has 2 atom stereocenters. The predicted molar refractivity (Wildman–Crippen MR) is 99.6 cm³/mol. The molecule has 2 amide bonds. The lowest BCUT2D eigenvalue weighted by Gasteiger charge is -2.40. The number of pyridine rings is 1. The van der Waals surface area contributed by atoms with Crippen molar-refractivity contribution in [2.24, 2.45) is 5.92 Å². The van der Waals surface area contributed by atoms with Gasteiger partial charge in [0, 0.05) is 12.7 Å². The van der Waals surface area contributed by atoms with Crippen LogP contribution in [-0.2, 0) is 15.8 Å². The zero-order chi connectivity index (χ0) is 21.8. The van der Waals surface area contributed by atoms with Crippen LogP contribution in [-0.4, -0.2) is 59.0 Å². The summed E-state index contributed by atoms with van der Waals surface area (Å²) in [5.74, 6) is -1.52. The number of rotatable bonds is 8. The van der Waals surface area contributed by atoms with Crippen LogP contribution >= 0.6 is 0 Å². The molecule has 1 saturated heterocycles. The first-order valence-corrected chi connectivity index (χ1v) is 9.22. The van der Waals surface area contributed by atoms with Gasteiger partial charge in [-0.15, -0.1) is 0 Å². The van der Waals surface area contributed by atoms with Gasteiger partial charge in [-0.1, -0.05) is 13.8 Å². The molecule has 0 spiro atoms. The quantitative estimate of drug-likeness (QED) is 0.455. The van der Waals surface area contributed by atoms with Crippen molar-refractivity contribution in [2.45, 2.75) is 44.8 Å². The van der Waals surface area contributed by atoms with E-state index in [-0.39, 0.29) is 18.3 Å². The minimum absolute atomic E-state index is 0.122. The topological polar surface area (TPSA) is 115 Å². The van der Waals surface area contributed by atoms with Gasteiger partial charge in [-0.2, -0.15) is 13.2 Å². The van der Waals surface area contributed by atoms with E-state index in [2.05, 4.69) is 15.6 Å². The second-order valence-electron chi connectivity index (χ2n) is 7.34. The first-order chi connectivity index (χ1) is 13.5. The molecule has 1 aliphatic rings. The Morgan fingerprint density at radius 3 is 2.48 bits per heavy atom. The first-order valence-electron chi connectivity index (χ1n) is 9.22. The summed E-state index contributed by atoms with van der Waals surface area (Å²) in [6.07, 6.45) is -2.94. The molecule has 1 aliphatic heterocycles. The van der Waals surface area contributed by atoms with Crippen LogP contribution in [0, 0.1) is 5.92 Å². The van der Waals surface area contributed by atoms with Crippen LogP contribution in [0.4, 0.5) is 19.0 Å². The van der Waals surface area contributed by atoms with Crippen LogP contribution < -0.4 is 15.5 Å². The SMILES string of the molecule is CC(C)CC(NC(=O)CNC(=O)[C@@H]1CCN1c1ccc(C(F)(F)F)cn1)B(O)O. The molecule has 2 rings (SSSR count). The molecular weight excluding hydrogens is 392 g/mol. The van der Waals surface area contributed by atoms with Crippen molar-refractivity contribution < 1.29 is 32.8 Å². The Hall–Kier alpha value is -2.34. The molecule has 8 nitrogen and oxygen atoms in total. The highest BCUT2D eigenvalue weighted by Crippen LogP contribution is 2.31. The summed E-state index contributed by atoms with van der Waals surface area (Å²) in [6.45, 7) is 3.83. The van der Waals surface area contributed by atoms with Gasteiger partial charge >= 0.3 is 13.3 Å². The summed E-state index contributed by atoms with van der Waals surface area (Å²) in [5.41, 5.74) is -0.874. The average molecular weight is 416 g/mol. The Morgan fingerprint density at radius 2 is 2.03 bits per heavy atom. The number of amides is 2. The lowest BCUT2D eigenvalue weighted by atomic mass is 9.75. The molecule has 1 unspecified atom stereocenters. The molecule has 4 N–H and O–H groups in total. The highest BCUT2D eigenvalue weighted by Gasteiger charge is 2.36. The number of nitrogens with zero attached hydrogens (tertiary/aromatic N) is 2. The van der Waals surface area contributed by atoms with E-state index >= 15 is 0 Å². The van der Waals surface area contributed by atoms with Gasteiger partial charge in [0.25, 0.3) is 0 Å². The Labute approximate surface area is 166 Å². The smallest absolute Gasteiger partial charge is 0.426 e. The van der Waals surface area contributed by atoms with E-state index < -0.39 is 42.7 Å². The van der Waals surface area contributed by atoms with Crippen molar-refractivity contribution in [2.75, 3.05) is 18.0 Å². The van der Waals surface area contributed by atoms with Gasteiger partial charge in [-0.05, 0) is 30.9 Å². The molecule has 160 valence electrons. The van der Waals surface area contributed by atoms with E-state index in [0.717, 1.165) is 6.07 Å². The number of aromatic nitrogens is 1. The van der Waals surface area contributed by atoms with Crippen molar-refractivity contribution in [3.05, 3.63) is 23.9 Å². The van der Waals surface area contributed by atoms with Gasteiger partial charge in [0.1, 0.15) is 11.9 Å². The third-order valence-electron chi connectivity index (χ3n) is 4.55. The zero-order valence-electron chi connectivity index (χ0n) is 16.1. The maximum absolute atomic E-state index is 12.6. The fourth-order valence-electron chi connectivity index (χ4n) is 2.96. The summed E-state index contributed by atoms with van der Waals surface area (Å²) < 4.78 is 37.9. The Morgan fingerprint density at radius 1 is 1.34 bits per heavy atom. The summed E-state index contributed by atoms with van der Waals surface area (Å²) in [5, 5.41) is 23.6. The van der Waals surface area contributed by atoms with Gasteiger partial charge in [-0.25, -0.2) is 4.98 Å². The number of carbonyl (C=O) groups excluding carboxylic acids is 2. The number of alkyl halides is 3. The molecule has 0 saturated carbocycles. The molecule has 1 aromatic rings. The predicted octanol–water partition coefficient (Wildman–Crippen LogP) is 0.338. The molecule has 0 aromatic carbocycles. The third kappa shape index (κ3) is 6.33. The first kappa shape index (κ1) is 22.9. The van der Waals surface area contributed by atoms with Crippen molar-refractivity contribution in [1.82, 2.24) is 15.6 Å². The van der Waals surface area contributed by atoms with E-state index in [9.17, 15) is 32.8 Å². The summed E-state index contributed by atoms with van der Waals surface area (Å²) >= 11 is 0. The summed E-state index contributed by atoms with van der Waals surface area (Å²) in [6, 6.07) is 1.47. The molecule has 0 radical (unpaired) electrons. The van der Waals surface area contributed by atoms with Crippen LogP contribution in [0.25, 0.3) is 0 Å². The molecule has 2 heterocycles. The van der Waals surface area contributed by atoms with Crippen molar-refractivity contribution in [1.29, 1.82) is 0 Å². The number of hydrogen-bond donors (Lipinski definition) is 4. The zero-order valence-corrected chi connectivity index (χ0v) is 16.1. The van der Waals surface area contributed by atoms with Gasteiger partial charge in [-0.3, -0.25) is 9.59 Å². The second-order valence-corrected chi connectivity index (χ2v) is 7.34. The minimum atomic E-state index is -4.49. The second kappa shape index (κ2) is 9.44. The molecule has 0 aliphatic carbocycles. The molecular formula is C17H24BF3N4O4. The number of halogens is 3. The number of carbonyl (C=O) groups is 2. The normalized spacial score (nSPS) is 17.5. The van der Waals surface area contributed by atoms with E-state index in [1.165, 1.54) is 6.07 Å². The van der Waals surface area contributed by atoms with E-state index in [1.54, 1.807) is 4.90 Å². The molecule has 1 fully saturated rings. The van der Waals surface area contributed by atoms with Gasteiger partial charge in [0.15, 0.2) is 0 Å². The number of hydrogen-bond acceptors (Lipinski definition) is 6. The fourth-order valence-corrected chi connectivity index (χ4v) is 2.96. The van der Waals surface area contributed by atoms with Crippen molar-refractivity contribution >= 4 is 24.8 Å². The Bertz CT molecular complexity index is 716. The van der Waals surface area contributed by atoms with E-state index in [1.807, 2.05) is 13.8 Å². The number of nitrogens with one attached hydrogen (secondary N) is 2. The van der Waals surface area contributed by atoms with Crippen LogP contribution in [0.5, 0.6) is 0 Å². The summed E-state index contributed by atoms with van der Waals surface area (Å²) in [7, 11) is -1.72. The van der Waals surface area contributed by atoms with Crippen molar-refractivity contribution in [3.8, 4) is 0 Å². The Kier molecular flexibility index (Phi) is 7.47. The third-order valence-corrected chi connectivity index (χ3v) is 4.55. The van der Waals surface area contributed by atoms with Crippen LogP contribution in [0.15, 0.2) is 18.3 Å². The molecule has 0 bridgehead atoms. The largest absolute Gasteiger partial charge is 0.475 e. The monoisotopic (exact) mass is 416 g/mol. The van der Waals surface area contributed by atoms with Gasteiger partial charge in [0.05, 0.1) is 18.0 Å². The maximum Gasteiger partial charge on any atom is 0.475 e. The maximum atomic E-state index is 12.6. The molecule has 12 heteroatoms. The number of anilines is 1. The summed E-state index contributed by atoms with van der Waals surface area (Å²) in [4.78, 5) is 29.6.